The highest BCUT2D eigenvalue weighted by atomic mass is 16.5. The van der Waals surface area contributed by atoms with E-state index >= 15 is 0 Å². The quantitative estimate of drug-likeness (QED) is 0.654. The summed E-state index contributed by atoms with van der Waals surface area (Å²) in [6.07, 6.45) is 2.12. The van der Waals surface area contributed by atoms with Crippen LogP contribution < -0.4 is 10.1 Å². The summed E-state index contributed by atoms with van der Waals surface area (Å²) >= 11 is 0. The molecule has 0 radical (unpaired) electrons. The van der Waals surface area contributed by atoms with E-state index in [-0.39, 0.29) is 29.9 Å². The maximum absolute atomic E-state index is 12.4. The van der Waals surface area contributed by atoms with E-state index in [4.69, 9.17) is 9.47 Å². The van der Waals surface area contributed by atoms with Crippen molar-refractivity contribution >= 4 is 11.7 Å². The number of ether oxygens (including phenoxy) is 2. The molecule has 0 unspecified atom stereocenters. The third kappa shape index (κ3) is 5.67. The van der Waals surface area contributed by atoms with Crippen LogP contribution in [0.25, 0.3) is 0 Å². The van der Waals surface area contributed by atoms with Gasteiger partial charge in [0.15, 0.2) is 5.78 Å². The van der Waals surface area contributed by atoms with Crippen LogP contribution in [0.2, 0.25) is 0 Å². The first kappa shape index (κ1) is 21.1. The SMILES string of the molecule is CCOc1ccc(C2(CNC(=O)CCC(=O)c3ccccc3)CCOCC2)cc1. The Kier molecular flexibility index (Phi) is 7.42. The molecule has 0 spiro atoms. The summed E-state index contributed by atoms with van der Waals surface area (Å²) in [5.74, 6) is 0.751. The lowest BCUT2D eigenvalue weighted by Gasteiger charge is -2.38. The number of carbonyl (C=O) groups excluding carboxylic acids is 2. The van der Waals surface area contributed by atoms with Crippen molar-refractivity contribution in [3.8, 4) is 5.75 Å². The zero-order valence-corrected chi connectivity index (χ0v) is 17.0. The van der Waals surface area contributed by atoms with Gasteiger partial charge < -0.3 is 14.8 Å². The third-order valence-electron chi connectivity index (χ3n) is 5.53. The van der Waals surface area contributed by atoms with Gasteiger partial charge in [-0.25, -0.2) is 0 Å². The summed E-state index contributed by atoms with van der Waals surface area (Å²) in [5, 5.41) is 3.06. The molecule has 1 aliphatic rings. The maximum Gasteiger partial charge on any atom is 0.220 e. The van der Waals surface area contributed by atoms with Crippen LogP contribution in [0.4, 0.5) is 0 Å². The molecule has 1 aliphatic heterocycles. The molecular formula is C24H29NO4. The molecule has 0 aliphatic carbocycles. The Bertz CT molecular complexity index is 795. The Morgan fingerprint density at radius 3 is 2.34 bits per heavy atom. The van der Waals surface area contributed by atoms with Crippen molar-refractivity contribution in [1.82, 2.24) is 5.32 Å². The van der Waals surface area contributed by atoms with E-state index in [1.54, 1.807) is 12.1 Å². The highest BCUT2D eigenvalue weighted by Gasteiger charge is 2.34. The van der Waals surface area contributed by atoms with E-state index in [9.17, 15) is 9.59 Å². The van der Waals surface area contributed by atoms with Gasteiger partial charge in [-0.15, -0.1) is 0 Å². The van der Waals surface area contributed by atoms with Crippen LogP contribution in [-0.2, 0) is 14.9 Å². The number of rotatable bonds is 9. The second kappa shape index (κ2) is 10.2. The van der Waals surface area contributed by atoms with E-state index in [0.29, 0.717) is 31.9 Å². The van der Waals surface area contributed by atoms with E-state index in [2.05, 4.69) is 17.4 Å². The van der Waals surface area contributed by atoms with Gasteiger partial charge in [-0.05, 0) is 37.5 Å². The van der Waals surface area contributed by atoms with Crippen molar-refractivity contribution in [2.24, 2.45) is 0 Å². The van der Waals surface area contributed by atoms with Gasteiger partial charge in [-0.2, -0.15) is 0 Å². The van der Waals surface area contributed by atoms with Crippen LogP contribution in [0.5, 0.6) is 5.75 Å². The highest BCUT2D eigenvalue weighted by Crippen LogP contribution is 2.35. The fourth-order valence-corrected chi connectivity index (χ4v) is 3.75. The Morgan fingerprint density at radius 2 is 1.69 bits per heavy atom. The Labute approximate surface area is 172 Å². The molecule has 2 aromatic carbocycles. The van der Waals surface area contributed by atoms with Gasteiger partial charge in [0.2, 0.25) is 5.91 Å². The summed E-state index contributed by atoms with van der Waals surface area (Å²) in [6.45, 7) is 4.50. The smallest absolute Gasteiger partial charge is 0.220 e. The van der Waals surface area contributed by atoms with Crippen LogP contribution in [0.1, 0.15) is 48.5 Å². The first-order chi connectivity index (χ1) is 14.1. The maximum atomic E-state index is 12.4. The molecule has 154 valence electrons. The largest absolute Gasteiger partial charge is 0.494 e. The summed E-state index contributed by atoms with van der Waals surface area (Å²) in [4.78, 5) is 24.6. The Balaban J connectivity index is 1.58. The second-order valence-corrected chi connectivity index (χ2v) is 7.42. The molecular weight excluding hydrogens is 366 g/mol. The molecule has 29 heavy (non-hydrogen) atoms. The standard InChI is InChI=1S/C24H29NO4/c1-2-29-21-10-8-20(9-11-21)24(14-16-28-17-15-24)18-25-23(27)13-12-22(26)19-6-4-3-5-7-19/h3-11H,2,12-18H2,1H3,(H,25,27). The van der Waals surface area contributed by atoms with Crippen LogP contribution in [0.15, 0.2) is 54.6 Å². The number of hydrogen-bond acceptors (Lipinski definition) is 4. The van der Waals surface area contributed by atoms with Crippen LogP contribution in [0.3, 0.4) is 0 Å². The zero-order chi connectivity index (χ0) is 20.5. The fourth-order valence-electron chi connectivity index (χ4n) is 3.75. The van der Waals surface area contributed by atoms with Crippen molar-refractivity contribution in [1.29, 1.82) is 0 Å². The van der Waals surface area contributed by atoms with Gasteiger partial charge in [-0.1, -0.05) is 42.5 Å². The van der Waals surface area contributed by atoms with E-state index < -0.39 is 0 Å². The first-order valence-corrected chi connectivity index (χ1v) is 10.3. The number of ketones is 1. The molecule has 1 fully saturated rings. The molecule has 0 bridgehead atoms. The van der Waals surface area contributed by atoms with Gasteiger partial charge in [-0.3, -0.25) is 9.59 Å². The Morgan fingerprint density at radius 1 is 1.00 bits per heavy atom. The van der Waals surface area contributed by atoms with E-state index in [1.807, 2.05) is 37.3 Å². The number of Topliss-reactive ketones (excluding diaryl/α,β-unsaturated/α-hetero) is 1. The molecule has 3 rings (SSSR count). The first-order valence-electron chi connectivity index (χ1n) is 10.3. The Hall–Kier alpha value is -2.66. The molecule has 2 aromatic rings. The highest BCUT2D eigenvalue weighted by molar-refractivity contribution is 5.97. The molecule has 0 saturated carbocycles. The van der Waals surface area contributed by atoms with Crippen molar-refractivity contribution in [3.05, 3.63) is 65.7 Å². The van der Waals surface area contributed by atoms with E-state index in [1.165, 1.54) is 5.56 Å². The summed E-state index contributed by atoms with van der Waals surface area (Å²) in [7, 11) is 0. The molecule has 0 atom stereocenters. The van der Waals surface area contributed by atoms with Crippen LogP contribution >= 0.6 is 0 Å². The number of hydrogen-bond donors (Lipinski definition) is 1. The molecule has 5 heteroatoms. The minimum Gasteiger partial charge on any atom is -0.494 e. The van der Waals surface area contributed by atoms with Crippen molar-refractivity contribution in [3.63, 3.8) is 0 Å². The summed E-state index contributed by atoms with van der Waals surface area (Å²) in [6, 6.07) is 17.2. The molecule has 1 heterocycles. The van der Waals surface area contributed by atoms with Crippen LogP contribution in [0, 0.1) is 0 Å². The fraction of sp³-hybridized carbons (Fsp3) is 0.417. The zero-order valence-electron chi connectivity index (χ0n) is 17.0. The molecule has 5 nitrogen and oxygen atoms in total. The normalized spacial score (nSPS) is 15.5. The lowest BCUT2D eigenvalue weighted by molar-refractivity contribution is -0.121. The number of amides is 1. The monoisotopic (exact) mass is 395 g/mol. The minimum atomic E-state index is -0.151. The molecule has 1 amide bonds. The average molecular weight is 395 g/mol. The predicted octanol–water partition coefficient (Wildman–Crippen LogP) is 3.91. The number of carbonyl (C=O) groups is 2. The molecule has 1 saturated heterocycles. The van der Waals surface area contributed by atoms with Gasteiger partial charge in [0.25, 0.3) is 0 Å². The van der Waals surface area contributed by atoms with Crippen LogP contribution in [-0.4, -0.2) is 38.1 Å². The van der Waals surface area contributed by atoms with Gasteiger partial charge in [0, 0.05) is 43.6 Å². The summed E-state index contributed by atoms with van der Waals surface area (Å²) < 4.78 is 11.1. The topological polar surface area (TPSA) is 64.6 Å². The lowest BCUT2D eigenvalue weighted by atomic mass is 9.74. The number of nitrogens with one attached hydrogen (secondary N) is 1. The predicted molar refractivity (Wildman–Crippen MR) is 112 cm³/mol. The van der Waals surface area contributed by atoms with E-state index in [0.717, 1.165) is 18.6 Å². The van der Waals surface area contributed by atoms with Gasteiger partial charge in [0.05, 0.1) is 6.61 Å². The van der Waals surface area contributed by atoms with Crippen molar-refractivity contribution in [2.75, 3.05) is 26.4 Å². The molecule has 1 N–H and O–H groups in total. The van der Waals surface area contributed by atoms with Crippen molar-refractivity contribution < 1.29 is 19.1 Å². The molecule has 0 aromatic heterocycles. The number of benzene rings is 2. The second-order valence-electron chi connectivity index (χ2n) is 7.42. The summed E-state index contributed by atoms with van der Waals surface area (Å²) in [5.41, 5.74) is 1.68. The van der Waals surface area contributed by atoms with Gasteiger partial charge in [0.1, 0.15) is 5.75 Å². The van der Waals surface area contributed by atoms with Crippen molar-refractivity contribution in [2.45, 2.75) is 38.0 Å². The minimum absolute atomic E-state index is 0.00644. The van der Waals surface area contributed by atoms with Gasteiger partial charge >= 0.3 is 0 Å². The lowest BCUT2D eigenvalue weighted by Crippen LogP contribution is -2.44. The average Bonchev–Trinajstić information content (AvgIpc) is 2.78. The third-order valence-corrected chi connectivity index (χ3v) is 5.53.